The average Bonchev–Trinajstić information content (AvgIpc) is 2.12. The van der Waals surface area contributed by atoms with Crippen LogP contribution in [0.4, 0.5) is 0 Å². The Morgan fingerprint density at radius 3 is 2.69 bits per heavy atom. The molecule has 0 radical (unpaired) electrons. The summed E-state index contributed by atoms with van der Waals surface area (Å²) in [5.74, 6) is 0.247. The van der Waals surface area contributed by atoms with Crippen molar-refractivity contribution in [1.82, 2.24) is 0 Å². The molecule has 0 atom stereocenters. The lowest BCUT2D eigenvalue weighted by molar-refractivity contribution is -0.118. The van der Waals surface area contributed by atoms with Gasteiger partial charge in [0.2, 0.25) is 0 Å². The van der Waals surface area contributed by atoms with Crippen LogP contribution >= 0.6 is 23.2 Å². The van der Waals surface area contributed by atoms with E-state index in [0.717, 1.165) is 17.5 Å². The summed E-state index contributed by atoms with van der Waals surface area (Å²) in [4.78, 5) is 11.2. The summed E-state index contributed by atoms with van der Waals surface area (Å²) >= 11 is 11.8. The molecule has 0 N–H and O–H groups in total. The highest BCUT2D eigenvalue weighted by Crippen LogP contribution is 2.32. The van der Waals surface area contributed by atoms with Crippen LogP contribution in [-0.4, -0.2) is 5.78 Å². The molecule has 0 fully saturated rings. The van der Waals surface area contributed by atoms with E-state index in [2.05, 4.69) is 0 Å². The molecule has 1 aromatic carbocycles. The first-order chi connectivity index (χ1) is 6.18. The summed E-state index contributed by atoms with van der Waals surface area (Å²) in [6.07, 6.45) is 1.87. The minimum atomic E-state index is 0.247. The zero-order valence-electron chi connectivity index (χ0n) is 6.94. The van der Waals surface area contributed by atoms with Crippen LogP contribution in [0.5, 0.6) is 0 Å². The summed E-state index contributed by atoms with van der Waals surface area (Å²) in [5, 5.41) is 1.09. The molecule has 68 valence electrons. The predicted octanol–water partition coefficient (Wildman–Crippen LogP) is 3.05. The van der Waals surface area contributed by atoms with Crippen LogP contribution in [0, 0.1) is 0 Å². The maximum Gasteiger partial charge on any atom is 0.137 e. The van der Waals surface area contributed by atoms with Gasteiger partial charge < -0.3 is 0 Å². The molecule has 0 aliphatic heterocycles. The smallest absolute Gasteiger partial charge is 0.137 e. The number of hydrogen-bond acceptors (Lipinski definition) is 1. The van der Waals surface area contributed by atoms with Gasteiger partial charge in [-0.2, -0.15) is 0 Å². The van der Waals surface area contributed by atoms with Crippen molar-refractivity contribution >= 4 is 29.0 Å². The number of hydrogen-bond donors (Lipinski definition) is 0. The Bertz CT molecular complexity index is 371. The standard InChI is InChI=1S/C10H8Cl2O/c11-9-4-2-6-1-3-7(13)5-8(6)10(9)12/h2,4H,1,3,5H2. The largest absolute Gasteiger partial charge is 0.299 e. The molecular formula is C10H8Cl2O. The van der Waals surface area contributed by atoms with E-state index in [-0.39, 0.29) is 5.78 Å². The quantitative estimate of drug-likeness (QED) is 0.649. The second-order valence-corrected chi connectivity index (χ2v) is 4.00. The molecule has 0 amide bonds. The van der Waals surface area contributed by atoms with Gasteiger partial charge in [-0.05, 0) is 23.6 Å². The number of benzene rings is 1. The molecule has 0 spiro atoms. The fourth-order valence-electron chi connectivity index (χ4n) is 1.62. The molecular weight excluding hydrogens is 207 g/mol. The van der Waals surface area contributed by atoms with E-state index in [0.29, 0.717) is 22.9 Å². The average molecular weight is 215 g/mol. The Morgan fingerprint density at radius 1 is 1.15 bits per heavy atom. The number of carbonyl (C=O) groups is 1. The number of halogens is 2. The molecule has 1 nitrogen and oxygen atoms in total. The minimum Gasteiger partial charge on any atom is -0.299 e. The summed E-state index contributed by atoms with van der Waals surface area (Å²) in [7, 11) is 0. The highest BCUT2D eigenvalue weighted by Gasteiger charge is 2.19. The Morgan fingerprint density at radius 2 is 1.92 bits per heavy atom. The summed E-state index contributed by atoms with van der Waals surface area (Å²) in [5.41, 5.74) is 2.08. The van der Waals surface area contributed by atoms with Crippen LogP contribution in [0.25, 0.3) is 0 Å². The first-order valence-corrected chi connectivity index (χ1v) is 4.91. The molecule has 2 rings (SSSR count). The normalized spacial score (nSPS) is 15.7. The van der Waals surface area contributed by atoms with E-state index in [1.807, 2.05) is 6.07 Å². The maximum absolute atomic E-state index is 11.2. The number of carbonyl (C=O) groups excluding carboxylic acids is 1. The van der Waals surface area contributed by atoms with Gasteiger partial charge in [-0.25, -0.2) is 0 Å². The fraction of sp³-hybridized carbons (Fsp3) is 0.300. The molecule has 0 aromatic heterocycles. The number of fused-ring (bicyclic) bond motifs is 1. The van der Waals surface area contributed by atoms with E-state index in [4.69, 9.17) is 23.2 Å². The molecule has 0 heterocycles. The van der Waals surface area contributed by atoms with Gasteiger partial charge in [0.1, 0.15) is 5.78 Å². The van der Waals surface area contributed by atoms with Gasteiger partial charge in [0.05, 0.1) is 10.0 Å². The lowest BCUT2D eigenvalue weighted by Crippen LogP contribution is -2.13. The van der Waals surface area contributed by atoms with Crippen molar-refractivity contribution in [1.29, 1.82) is 0 Å². The molecule has 1 aromatic rings. The first kappa shape index (κ1) is 9.04. The topological polar surface area (TPSA) is 17.1 Å². The van der Waals surface area contributed by atoms with E-state index in [9.17, 15) is 4.79 Å². The maximum atomic E-state index is 11.2. The highest BCUT2D eigenvalue weighted by atomic mass is 35.5. The predicted molar refractivity (Wildman–Crippen MR) is 53.5 cm³/mol. The van der Waals surface area contributed by atoms with Gasteiger partial charge in [0.15, 0.2) is 0 Å². The van der Waals surface area contributed by atoms with E-state index < -0.39 is 0 Å². The first-order valence-electron chi connectivity index (χ1n) is 4.16. The van der Waals surface area contributed by atoms with Crippen molar-refractivity contribution in [3.8, 4) is 0 Å². The van der Waals surface area contributed by atoms with Gasteiger partial charge in [-0.3, -0.25) is 4.79 Å². The van der Waals surface area contributed by atoms with Gasteiger partial charge >= 0.3 is 0 Å². The van der Waals surface area contributed by atoms with Crippen LogP contribution in [0.3, 0.4) is 0 Å². The van der Waals surface area contributed by atoms with Crippen LogP contribution in [0.15, 0.2) is 12.1 Å². The third-order valence-corrected chi connectivity index (χ3v) is 3.18. The van der Waals surface area contributed by atoms with Crippen molar-refractivity contribution in [2.24, 2.45) is 0 Å². The Labute approximate surface area is 86.7 Å². The number of aryl methyl sites for hydroxylation is 1. The fourth-order valence-corrected chi connectivity index (χ4v) is 2.05. The zero-order chi connectivity index (χ0) is 9.42. The van der Waals surface area contributed by atoms with Crippen molar-refractivity contribution in [2.45, 2.75) is 19.3 Å². The third-order valence-electron chi connectivity index (χ3n) is 2.34. The van der Waals surface area contributed by atoms with Crippen LogP contribution < -0.4 is 0 Å². The number of ketones is 1. The Kier molecular flexibility index (Phi) is 2.31. The van der Waals surface area contributed by atoms with Crippen molar-refractivity contribution in [3.05, 3.63) is 33.3 Å². The van der Waals surface area contributed by atoms with Gasteiger partial charge in [0, 0.05) is 12.8 Å². The van der Waals surface area contributed by atoms with Crippen molar-refractivity contribution in [2.75, 3.05) is 0 Å². The summed E-state index contributed by atoms with van der Waals surface area (Å²) in [6, 6.07) is 3.74. The van der Waals surface area contributed by atoms with Crippen LogP contribution in [0.2, 0.25) is 10.0 Å². The number of Topliss-reactive ketones (excluding diaryl/α,β-unsaturated/α-hetero) is 1. The zero-order valence-corrected chi connectivity index (χ0v) is 8.45. The SMILES string of the molecule is O=C1CCc2ccc(Cl)c(Cl)c2C1. The molecule has 1 aliphatic carbocycles. The van der Waals surface area contributed by atoms with Gasteiger partial charge in [0.25, 0.3) is 0 Å². The van der Waals surface area contributed by atoms with E-state index >= 15 is 0 Å². The van der Waals surface area contributed by atoms with Crippen molar-refractivity contribution in [3.63, 3.8) is 0 Å². The summed E-state index contributed by atoms with van der Waals surface area (Å²) < 4.78 is 0. The summed E-state index contributed by atoms with van der Waals surface area (Å²) in [6.45, 7) is 0. The van der Waals surface area contributed by atoms with E-state index in [1.54, 1.807) is 6.07 Å². The van der Waals surface area contributed by atoms with Gasteiger partial charge in [-0.1, -0.05) is 29.3 Å². The van der Waals surface area contributed by atoms with Gasteiger partial charge in [-0.15, -0.1) is 0 Å². The lowest BCUT2D eigenvalue weighted by atomic mass is 9.91. The molecule has 0 saturated carbocycles. The molecule has 0 bridgehead atoms. The molecule has 1 aliphatic rings. The lowest BCUT2D eigenvalue weighted by Gasteiger charge is -2.16. The third kappa shape index (κ3) is 1.59. The highest BCUT2D eigenvalue weighted by molar-refractivity contribution is 6.42. The van der Waals surface area contributed by atoms with Crippen LogP contribution in [-0.2, 0) is 17.6 Å². The Balaban J connectivity index is 2.54. The number of rotatable bonds is 0. The van der Waals surface area contributed by atoms with Crippen LogP contribution in [0.1, 0.15) is 17.5 Å². The second-order valence-electron chi connectivity index (χ2n) is 3.21. The van der Waals surface area contributed by atoms with Crippen molar-refractivity contribution < 1.29 is 4.79 Å². The second kappa shape index (κ2) is 3.32. The molecule has 3 heteroatoms. The monoisotopic (exact) mass is 214 g/mol. The Hall–Kier alpha value is -0.530. The minimum absolute atomic E-state index is 0.247. The van der Waals surface area contributed by atoms with E-state index in [1.165, 1.54) is 0 Å². The molecule has 0 saturated heterocycles. The molecule has 13 heavy (non-hydrogen) atoms. The molecule has 0 unspecified atom stereocenters.